The van der Waals surface area contributed by atoms with Crippen LogP contribution in [0.25, 0.3) is 0 Å². The van der Waals surface area contributed by atoms with E-state index in [1.807, 2.05) is 27.7 Å². The first-order valence-corrected chi connectivity index (χ1v) is 8.73. The van der Waals surface area contributed by atoms with Gasteiger partial charge in [0.1, 0.15) is 0 Å². The molecular formula is C18H39NO. The summed E-state index contributed by atoms with van der Waals surface area (Å²) in [6, 6.07) is 0. The Morgan fingerprint density at radius 2 is 1.55 bits per heavy atom. The normalized spacial score (nSPS) is 18.8. The van der Waals surface area contributed by atoms with Crippen molar-refractivity contribution >= 4 is 6.41 Å². The molecule has 1 amide bonds. The van der Waals surface area contributed by atoms with E-state index in [4.69, 9.17) is 0 Å². The molecule has 1 saturated carbocycles. The van der Waals surface area contributed by atoms with E-state index in [1.165, 1.54) is 38.5 Å². The summed E-state index contributed by atoms with van der Waals surface area (Å²) in [6.07, 6.45) is 9.07. The Morgan fingerprint density at radius 3 is 2.00 bits per heavy atom. The van der Waals surface area contributed by atoms with Crippen molar-refractivity contribution in [3.8, 4) is 0 Å². The van der Waals surface area contributed by atoms with Gasteiger partial charge in [0.15, 0.2) is 0 Å². The molecule has 1 fully saturated rings. The number of carbonyl (C=O) groups excluding carboxylic acids is 1. The van der Waals surface area contributed by atoms with Gasteiger partial charge >= 0.3 is 0 Å². The highest BCUT2D eigenvalue weighted by Gasteiger charge is 2.30. The number of carbonyl (C=O) groups is 1. The van der Waals surface area contributed by atoms with Crippen molar-refractivity contribution in [3.63, 3.8) is 0 Å². The largest absolute Gasteiger partial charge is 0.358 e. The van der Waals surface area contributed by atoms with Crippen LogP contribution in [0, 0.1) is 17.3 Å². The average molecular weight is 286 g/mol. The minimum atomic E-state index is 0.602. The van der Waals surface area contributed by atoms with Gasteiger partial charge in [-0.05, 0) is 42.9 Å². The summed E-state index contributed by atoms with van der Waals surface area (Å²) in [5.41, 5.74) is 0.608. The van der Waals surface area contributed by atoms with Crippen LogP contribution >= 0.6 is 0 Å². The van der Waals surface area contributed by atoms with E-state index in [2.05, 4.69) is 26.1 Å². The number of nitrogens with one attached hydrogen (secondary N) is 1. The maximum absolute atomic E-state index is 10.2. The van der Waals surface area contributed by atoms with Crippen molar-refractivity contribution in [2.24, 2.45) is 17.3 Å². The van der Waals surface area contributed by atoms with Crippen LogP contribution in [0.1, 0.15) is 87.0 Å². The quantitative estimate of drug-likeness (QED) is 0.622. The monoisotopic (exact) mass is 285 g/mol. The molecule has 1 rings (SSSR count). The van der Waals surface area contributed by atoms with Crippen LogP contribution in [0.5, 0.6) is 0 Å². The average Bonchev–Trinajstić information content (AvgIpc) is 2.87. The standard InChI is InChI=1S/C14H27NO.2C2H6/c1-12(8-13(2)10-15-11-16)9-14(3)6-4-5-7-14;2*1-2/h11-13H,4-10H2,1-3H3,(H,15,16);2*1-2H3. The summed E-state index contributed by atoms with van der Waals surface area (Å²) in [4.78, 5) is 10.2. The zero-order chi connectivity index (χ0) is 16.0. The van der Waals surface area contributed by atoms with Gasteiger partial charge in [-0.25, -0.2) is 0 Å². The topological polar surface area (TPSA) is 29.1 Å². The third kappa shape index (κ3) is 10.3. The fourth-order valence-corrected chi connectivity index (χ4v) is 3.38. The first kappa shape index (κ1) is 21.8. The Kier molecular flexibility index (Phi) is 14.6. The lowest BCUT2D eigenvalue weighted by molar-refractivity contribution is -0.109. The second-order valence-corrected chi connectivity index (χ2v) is 6.19. The molecule has 2 heteroatoms. The minimum absolute atomic E-state index is 0.602. The second kappa shape index (κ2) is 13.5. The summed E-state index contributed by atoms with van der Waals surface area (Å²) in [6.45, 7) is 15.9. The lowest BCUT2D eigenvalue weighted by atomic mass is 9.78. The molecule has 1 aliphatic rings. The molecule has 2 nitrogen and oxygen atoms in total. The van der Waals surface area contributed by atoms with E-state index >= 15 is 0 Å². The van der Waals surface area contributed by atoms with Crippen LogP contribution in [-0.2, 0) is 4.79 Å². The van der Waals surface area contributed by atoms with E-state index in [9.17, 15) is 4.79 Å². The molecule has 0 aromatic carbocycles. The SMILES string of the molecule is CC.CC.CC(CNC=O)CC(C)CC1(C)CCCC1. The molecule has 0 radical (unpaired) electrons. The van der Waals surface area contributed by atoms with Gasteiger partial charge in [-0.2, -0.15) is 0 Å². The summed E-state index contributed by atoms with van der Waals surface area (Å²) < 4.78 is 0. The fraction of sp³-hybridized carbons (Fsp3) is 0.944. The molecule has 122 valence electrons. The molecule has 2 unspecified atom stereocenters. The Balaban J connectivity index is 0. The summed E-state index contributed by atoms with van der Waals surface area (Å²) in [7, 11) is 0. The lowest BCUT2D eigenvalue weighted by Crippen LogP contribution is -2.23. The molecule has 20 heavy (non-hydrogen) atoms. The van der Waals surface area contributed by atoms with Crippen molar-refractivity contribution in [1.29, 1.82) is 0 Å². The third-order valence-corrected chi connectivity index (χ3v) is 4.01. The maximum Gasteiger partial charge on any atom is 0.207 e. The van der Waals surface area contributed by atoms with Gasteiger partial charge in [0.05, 0.1) is 0 Å². The van der Waals surface area contributed by atoms with Gasteiger partial charge in [-0.15, -0.1) is 0 Å². The summed E-state index contributed by atoms with van der Waals surface area (Å²) in [5, 5.41) is 2.78. The van der Waals surface area contributed by atoms with E-state index in [0.717, 1.165) is 18.9 Å². The number of hydrogen-bond acceptors (Lipinski definition) is 1. The van der Waals surface area contributed by atoms with Crippen LogP contribution in [0.4, 0.5) is 0 Å². The van der Waals surface area contributed by atoms with E-state index in [0.29, 0.717) is 11.3 Å². The molecule has 1 aliphatic carbocycles. The molecule has 0 saturated heterocycles. The smallest absolute Gasteiger partial charge is 0.207 e. The number of rotatable bonds is 7. The van der Waals surface area contributed by atoms with Gasteiger partial charge in [-0.3, -0.25) is 4.79 Å². The van der Waals surface area contributed by atoms with Crippen LogP contribution < -0.4 is 5.32 Å². The van der Waals surface area contributed by atoms with Crippen LogP contribution in [0.15, 0.2) is 0 Å². The van der Waals surface area contributed by atoms with Crippen molar-refractivity contribution in [2.75, 3.05) is 6.54 Å². The zero-order valence-electron chi connectivity index (χ0n) is 15.1. The minimum Gasteiger partial charge on any atom is -0.358 e. The first-order chi connectivity index (χ1) is 9.56. The van der Waals surface area contributed by atoms with Gasteiger partial charge in [0.25, 0.3) is 0 Å². The van der Waals surface area contributed by atoms with Crippen LogP contribution in [0.2, 0.25) is 0 Å². The zero-order valence-corrected chi connectivity index (χ0v) is 15.1. The highest BCUT2D eigenvalue weighted by molar-refractivity contribution is 5.45. The van der Waals surface area contributed by atoms with E-state index in [1.54, 1.807) is 0 Å². The second-order valence-electron chi connectivity index (χ2n) is 6.19. The Labute approximate surface area is 128 Å². The Bertz CT molecular complexity index is 209. The van der Waals surface area contributed by atoms with Gasteiger partial charge in [0.2, 0.25) is 6.41 Å². The molecule has 0 aromatic rings. The highest BCUT2D eigenvalue weighted by Crippen LogP contribution is 2.43. The first-order valence-electron chi connectivity index (χ1n) is 8.73. The molecular weight excluding hydrogens is 246 g/mol. The van der Waals surface area contributed by atoms with E-state index < -0.39 is 0 Å². The van der Waals surface area contributed by atoms with Crippen LogP contribution in [0.3, 0.4) is 0 Å². The lowest BCUT2D eigenvalue weighted by Gasteiger charge is -2.28. The molecule has 0 aliphatic heterocycles. The Hall–Kier alpha value is -0.530. The van der Waals surface area contributed by atoms with Crippen molar-refractivity contribution in [2.45, 2.75) is 87.0 Å². The number of amides is 1. The molecule has 0 aromatic heterocycles. The molecule has 1 N–H and O–H groups in total. The Morgan fingerprint density at radius 1 is 1.05 bits per heavy atom. The van der Waals surface area contributed by atoms with Gasteiger partial charge < -0.3 is 5.32 Å². The van der Waals surface area contributed by atoms with Gasteiger partial charge in [0, 0.05) is 6.54 Å². The molecule has 2 atom stereocenters. The molecule has 0 heterocycles. The summed E-state index contributed by atoms with van der Waals surface area (Å²) in [5.74, 6) is 1.39. The fourth-order valence-electron chi connectivity index (χ4n) is 3.38. The van der Waals surface area contributed by atoms with Crippen molar-refractivity contribution in [1.82, 2.24) is 5.32 Å². The van der Waals surface area contributed by atoms with Gasteiger partial charge in [-0.1, -0.05) is 61.3 Å². The van der Waals surface area contributed by atoms with E-state index in [-0.39, 0.29) is 0 Å². The summed E-state index contributed by atoms with van der Waals surface area (Å²) >= 11 is 0. The number of hydrogen-bond donors (Lipinski definition) is 1. The molecule has 0 spiro atoms. The van der Waals surface area contributed by atoms with Crippen molar-refractivity contribution in [3.05, 3.63) is 0 Å². The van der Waals surface area contributed by atoms with Crippen LogP contribution in [-0.4, -0.2) is 13.0 Å². The third-order valence-electron chi connectivity index (χ3n) is 4.01. The predicted molar refractivity (Wildman–Crippen MR) is 90.9 cm³/mol. The maximum atomic E-state index is 10.2. The van der Waals surface area contributed by atoms with Crippen molar-refractivity contribution < 1.29 is 4.79 Å². The highest BCUT2D eigenvalue weighted by atomic mass is 16.1. The molecule has 0 bridgehead atoms. The predicted octanol–water partition coefficient (Wildman–Crippen LogP) is 5.42.